The molecule has 0 bridgehead atoms. The lowest BCUT2D eigenvalue weighted by atomic mass is 9.99. The fourth-order valence-electron chi connectivity index (χ4n) is 9.63. The molecule has 2 aromatic heterocycles. The van der Waals surface area contributed by atoms with Crippen LogP contribution >= 0.6 is 0 Å². The maximum atomic E-state index is 15.0. The van der Waals surface area contributed by atoms with Crippen molar-refractivity contribution in [2.24, 2.45) is 23.7 Å². The van der Waals surface area contributed by atoms with E-state index in [0.29, 0.717) is 24.2 Å². The Morgan fingerprint density at radius 2 is 0.643 bits per heavy atom. The molecule has 1 aliphatic heterocycles. The lowest BCUT2D eigenvalue weighted by molar-refractivity contribution is -0.176. The van der Waals surface area contributed by atoms with Crippen LogP contribution in [0.3, 0.4) is 0 Å². The third-order valence-electron chi connectivity index (χ3n) is 14.2. The quantitative estimate of drug-likeness (QED) is 0.0762. The lowest BCUT2D eigenvalue weighted by Gasteiger charge is -2.35. The van der Waals surface area contributed by atoms with E-state index >= 15 is 0 Å². The summed E-state index contributed by atoms with van der Waals surface area (Å²) in [5.74, 6) is -7.40. The zero-order valence-corrected chi connectivity index (χ0v) is 53.1. The van der Waals surface area contributed by atoms with Crippen LogP contribution in [0.15, 0.2) is 85.5 Å². The third-order valence-corrected chi connectivity index (χ3v) is 14.2. The van der Waals surface area contributed by atoms with Crippen LogP contribution < -0.4 is 0 Å². The first-order valence-electron chi connectivity index (χ1n) is 29.7. The summed E-state index contributed by atoms with van der Waals surface area (Å²) in [6.45, 7) is 26.5. The van der Waals surface area contributed by atoms with Gasteiger partial charge in [-0.3, -0.25) is 28.5 Å². The van der Waals surface area contributed by atoms with Crippen LogP contribution in [-0.4, -0.2) is 163 Å². The number of carbonyl (C=O) groups excluding carboxylic acids is 8. The van der Waals surface area contributed by atoms with Gasteiger partial charge in [-0.05, 0) is 97.6 Å². The average Bonchev–Trinajstić information content (AvgIpc) is 3.82. The van der Waals surface area contributed by atoms with Crippen LogP contribution in [-0.2, 0) is 83.2 Å². The molecule has 0 saturated carbocycles. The Labute approximate surface area is 498 Å². The number of likely N-dealkylation sites (N-methyl/N-ethyl adjacent to an activating group) is 4. The van der Waals surface area contributed by atoms with E-state index in [2.05, 4.69) is 10.2 Å². The molecule has 2 aromatic carbocycles. The Morgan fingerprint density at radius 1 is 0.393 bits per heavy atom. The monoisotopic (exact) mass is 1170 g/mol. The molecule has 8 atom stereocenters. The summed E-state index contributed by atoms with van der Waals surface area (Å²) in [5.41, 5.74) is 3.07. The molecular weight excluding hydrogens is 1070 g/mol. The molecule has 1 fully saturated rings. The summed E-state index contributed by atoms with van der Waals surface area (Å²) < 4.78 is 27.7. The highest BCUT2D eigenvalue weighted by molar-refractivity contribution is 5.94. The van der Waals surface area contributed by atoms with E-state index in [1.807, 2.05) is 132 Å². The largest absolute Gasteiger partial charge is 0.451 e. The first-order valence-corrected chi connectivity index (χ1v) is 29.7. The van der Waals surface area contributed by atoms with Gasteiger partial charge in [-0.1, -0.05) is 132 Å². The van der Waals surface area contributed by atoms with Gasteiger partial charge in [0.25, 0.3) is 23.6 Å². The van der Waals surface area contributed by atoms with E-state index in [4.69, 9.17) is 18.9 Å². The van der Waals surface area contributed by atoms with Gasteiger partial charge in [0.15, 0.2) is 24.4 Å². The maximum Gasteiger partial charge on any atom is 0.329 e. The molecule has 464 valence electrons. The molecule has 5 rings (SSSR count). The minimum absolute atomic E-state index is 0.0850. The number of esters is 4. The summed E-state index contributed by atoms with van der Waals surface area (Å²) in [6, 6.07) is 13.2. The highest BCUT2D eigenvalue weighted by atomic mass is 16.6. The highest BCUT2D eigenvalue weighted by Gasteiger charge is 2.43. The van der Waals surface area contributed by atoms with Crippen molar-refractivity contribution in [2.45, 2.75) is 197 Å². The van der Waals surface area contributed by atoms with E-state index in [0.717, 1.165) is 30.7 Å². The SMILES string of the molecule is CC.CC.CC(C)CC1C(=O)O[C@H](C)C(=O)N(C)[C@@H](CC(C)C)C(=O)O[C@H](Cc2ccc(Cn3cccn3)cc2)C(=O)N(C)[C@@H](CC(C)C)C(=O)O[C@H](C)C(=O)N(C)[C@@H](CC(C)C)C(=O)O[C@H](Cc2ccc(Cn3cccn3)cc2)C(=O)N1C. The molecular formula is C64H96N8O12. The molecule has 0 spiro atoms. The number of cyclic esters (lactones) is 4. The molecule has 20 nitrogen and oxygen atoms in total. The molecule has 4 aromatic rings. The van der Waals surface area contributed by atoms with E-state index in [1.165, 1.54) is 42.0 Å². The summed E-state index contributed by atoms with van der Waals surface area (Å²) in [7, 11) is 5.57. The standard InChI is InChI=1S/C60H84N8O12.2C2H6/c1-37(2)29-47-57(73)77-41(9)53(69)63(11)50(32-40(7)8)60(76)80-52(34-44-19-23-46(24-20-44)36-68-28-16-26-62-68)56(72)66(14)48(30-38(3)4)58(74)78-42(10)54(70)64(12)49(31-39(5)6)59(75)79-51(55(71)65(47)13)33-43-17-21-45(22-18-43)35-67-27-15-25-61-67;2*1-2/h15-28,37-42,47-52H,29-36H2,1-14H3;2*1-2H3/t41-,42-,47+,48?,49+,50+,51-,52-;;/m1../s1. The van der Waals surface area contributed by atoms with Gasteiger partial charge in [-0.2, -0.15) is 10.2 Å². The zero-order valence-electron chi connectivity index (χ0n) is 53.1. The van der Waals surface area contributed by atoms with Gasteiger partial charge < -0.3 is 38.5 Å². The smallest absolute Gasteiger partial charge is 0.329 e. The molecule has 1 saturated heterocycles. The normalized spacial score (nSPS) is 22.3. The summed E-state index contributed by atoms with van der Waals surface area (Å²) in [4.78, 5) is 122. The van der Waals surface area contributed by atoms with Crippen molar-refractivity contribution in [3.63, 3.8) is 0 Å². The molecule has 4 amide bonds. The Hall–Kier alpha value is -7.38. The predicted molar refractivity (Wildman–Crippen MR) is 321 cm³/mol. The van der Waals surface area contributed by atoms with Gasteiger partial charge in [-0.25, -0.2) is 19.2 Å². The van der Waals surface area contributed by atoms with Crippen LogP contribution in [0.1, 0.15) is 145 Å². The Balaban J connectivity index is 0.00000452. The van der Waals surface area contributed by atoms with Gasteiger partial charge in [-0.15, -0.1) is 0 Å². The van der Waals surface area contributed by atoms with E-state index in [-0.39, 0.29) is 62.2 Å². The van der Waals surface area contributed by atoms with Crippen LogP contribution in [0.4, 0.5) is 0 Å². The minimum Gasteiger partial charge on any atom is -0.451 e. The summed E-state index contributed by atoms with van der Waals surface area (Å²) >= 11 is 0. The predicted octanol–water partition coefficient (Wildman–Crippen LogP) is 8.21. The van der Waals surface area contributed by atoms with Crippen molar-refractivity contribution in [1.82, 2.24) is 39.2 Å². The van der Waals surface area contributed by atoms with Crippen LogP contribution in [0.25, 0.3) is 0 Å². The second-order valence-corrected chi connectivity index (χ2v) is 22.8. The van der Waals surface area contributed by atoms with Crippen molar-refractivity contribution in [1.29, 1.82) is 0 Å². The van der Waals surface area contributed by atoms with E-state index < -0.39 is 96.1 Å². The van der Waals surface area contributed by atoms with Gasteiger partial charge in [0.05, 0.1) is 13.1 Å². The fourth-order valence-corrected chi connectivity index (χ4v) is 9.63. The lowest BCUT2D eigenvalue weighted by Crippen LogP contribution is -2.55. The molecule has 0 N–H and O–H groups in total. The molecule has 20 heteroatoms. The number of nitrogens with zero attached hydrogens (tertiary/aromatic N) is 8. The van der Waals surface area contributed by atoms with Crippen LogP contribution in [0.2, 0.25) is 0 Å². The third kappa shape index (κ3) is 21.0. The molecule has 0 radical (unpaired) electrons. The topological polar surface area (TPSA) is 222 Å². The Bertz CT molecular complexity index is 2490. The highest BCUT2D eigenvalue weighted by Crippen LogP contribution is 2.25. The zero-order chi connectivity index (χ0) is 63.1. The van der Waals surface area contributed by atoms with Gasteiger partial charge in [0.1, 0.15) is 24.2 Å². The summed E-state index contributed by atoms with van der Waals surface area (Å²) in [5, 5.41) is 8.55. The van der Waals surface area contributed by atoms with Crippen molar-refractivity contribution in [3.05, 3.63) is 108 Å². The number of amides is 4. The molecule has 3 heterocycles. The average molecular weight is 1170 g/mol. The van der Waals surface area contributed by atoms with E-state index in [9.17, 15) is 38.4 Å². The van der Waals surface area contributed by atoms with Crippen molar-refractivity contribution < 1.29 is 57.3 Å². The number of hydrogen-bond donors (Lipinski definition) is 0. The van der Waals surface area contributed by atoms with Crippen molar-refractivity contribution >= 4 is 47.5 Å². The minimum atomic E-state index is -1.53. The Morgan fingerprint density at radius 3 is 0.893 bits per heavy atom. The number of carbonyl (C=O) groups is 8. The van der Waals surface area contributed by atoms with Crippen LogP contribution in [0, 0.1) is 23.7 Å². The molecule has 1 unspecified atom stereocenters. The molecule has 1 aliphatic rings. The first-order chi connectivity index (χ1) is 39.7. The second kappa shape index (κ2) is 34.4. The van der Waals surface area contributed by atoms with Crippen molar-refractivity contribution in [3.8, 4) is 0 Å². The molecule has 84 heavy (non-hydrogen) atoms. The molecule has 0 aliphatic carbocycles. The van der Waals surface area contributed by atoms with Gasteiger partial charge >= 0.3 is 23.9 Å². The van der Waals surface area contributed by atoms with Crippen LogP contribution in [0.5, 0.6) is 0 Å². The number of benzene rings is 2. The van der Waals surface area contributed by atoms with Gasteiger partial charge in [0, 0.05) is 65.8 Å². The summed E-state index contributed by atoms with van der Waals surface area (Å²) in [6.07, 6.45) is 1.08. The first kappa shape index (κ1) is 70.9. The maximum absolute atomic E-state index is 15.0. The van der Waals surface area contributed by atoms with E-state index in [1.54, 1.807) is 46.0 Å². The number of rotatable bonds is 16. The Kier molecular flexibility index (Phi) is 29.0. The fraction of sp³-hybridized carbons (Fsp3) is 0.594. The number of aromatic nitrogens is 4. The van der Waals surface area contributed by atoms with Gasteiger partial charge in [0.2, 0.25) is 0 Å². The van der Waals surface area contributed by atoms with Crippen molar-refractivity contribution in [2.75, 3.05) is 28.2 Å². The second-order valence-electron chi connectivity index (χ2n) is 22.8. The number of hydrogen-bond acceptors (Lipinski definition) is 14. The number of ether oxygens (including phenoxy) is 4.